The molecule has 0 radical (unpaired) electrons. The molecule has 43 heavy (non-hydrogen) atoms. The molecule has 0 bridgehead atoms. The lowest BCUT2D eigenvalue weighted by molar-refractivity contribution is -0.137. The van der Waals surface area contributed by atoms with Gasteiger partial charge in [0.15, 0.2) is 0 Å². The van der Waals surface area contributed by atoms with E-state index in [9.17, 15) is 18.0 Å². The summed E-state index contributed by atoms with van der Waals surface area (Å²) in [5.74, 6) is 5.69. The SMILES string of the molecule is CC=N/C=C(C#Cc1cc(C(=O)Nc2cc(CC)cc(C(F)(F)F)c2)ccc1C)\C=C(/C)CC.CC=N/C=C\C.CCC. The number of anilines is 1. The highest BCUT2D eigenvalue weighted by molar-refractivity contribution is 6.04. The average Bonchev–Trinajstić information content (AvgIpc) is 2.97. The van der Waals surface area contributed by atoms with Gasteiger partial charge in [0.1, 0.15) is 0 Å². The van der Waals surface area contributed by atoms with Crippen LogP contribution in [0.4, 0.5) is 18.9 Å². The third-order valence-corrected chi connectivity index (χ3v) is 5.53. The van der Waals surface area contributed by atoms with Crippen molar-refractivity contribution in [3.63, 3.8) is 0 Å². The number of carbonyl (C=O) groups is 1. The molecule has 4 nitrogen and oxygen atoms in total. The first-order chi connectivity index (χ1) is 20.4. The van der Waals surface area contributed by atoms with E-state index < -0.39 is 17.6 Å². The maximum Gasteiger partial charge on any atom is 0.416 e. The fraction of sp³-hybridized carbons (Fsp3) is 0.361. The van der Waals surface area contributed by atoms with Gasteiger partial charge in [-0.3, -0.25) is 14.8 Å². The Morgan fingerprint density at radius 1 is 0.977 bits per heavy atom. The van der Waals surface area contributed by atoms with Gasteiger partial charge in [0.2, 0.25) is 0 Å². The highest BCUT2D eigenvalue weighted by Crippen LogP contribution is 2.32. The Kier molecular flexibility index (Phi) is 19.4. The number of aliphatic imine (C=N–C) groups is 2. The van der Waals surface area contributed by atoms with Crippen molar-refractivity contribution >= 4 is 24.0 Å². The van der Waals surface area contributed by atoms with Crippen LogP contribution in [-0.4, -0.2) is 18.3 Å². The lowest BCUT2D eigenvalue weighted by Crippen LogP contribution is -2.14. The Morgan fingerprint density at radius 3 is 2.14 bits per heavy atom. The quantitative estimate of drug-likeness (QED) is 0.194. The molecule has 2 aromatic carbocycles. The van der Waals surface area contributed by atoms with E-state index in [-0.39, 0.29) is 5.69 Å². The number of alkyl halides is 3. The van der Waals surface area contributed by atoms with Crippen LogP contribution in [0.3, 0.4) is 0 Å². The Bertz CT molecular complexity index is 1360. The minimum absolute atomic E-state index is 0.104. The number of carbonyl (C=O) groups excluding carboxylic acids is 1. The predicted octanol–water partition coefficient (Wildman–Crippen LogP) is 10.5. The van der Waals surface area contributed by atoms with Crippen LogP contribution in [0.1, 0.15) is 101 Å². The van der Waals surface area contributed by atoms with E-state index in [0.29, 0.717) is 23.1 Å². The molecule has 0 saturated carbocycles. The molecular formula is C36H46F3N3O. The first kappa shape index (κ1) is 38.8. The Morgan fingerprint density at radius 2 is 1.63 bits per heavy atom. The normalized spacial score (nSPS) is 11.9. The standard InChI is InChI=1S/C28H29F3N2O.C5H9N.C3H8/c1-6-19(4)13-22(18-32-8-3)10-12-23-16-24(11-9-20(23)5)27(34)33-26-15-21(7-2)14-25(17-26)28(29,30)31;1-3-5-6-4-2;1-3-2/h8-9,11,13-18H,6-7H2,1-5H3,(H,33,34);3-5H,1-2H3;3H2,1-2H3/b19-13+,22-18-,32-8?;5-3-,6-4?;. The maximum atomic E-state index is 13.2. The van der Waals surface area contributed by atoms with Crippen molar-refractivity contribution in [2.45, 2.75) is 87.8 Å². The van der Waals surface area contributed by atoms with Gasteiger partial charge >= 0.3 is 6.18 Å². The van der Waals surface area contributed by atoms with Crippen LogP contribution in [0.25, 0.3) is 0 Å². The summed E-state index contributed by atoms with van der Waals surface area (Å²) in [6.45, 7) is 17.6. The van der Waals surface area contributed by atoms with Gasteiger partial charge in [-0.1, -0.05) is 63.7 Å². The second-order valence-corrected chi connectivity index (χ2v) is 9.44. The summed E-state index contributed by atoms with van der Waals surface area (Å²) in [5.41, 5.74) is 3.54. The van der Waals surface area contributed by atoms with Crippen molar-refractivity contribution in [1.29, 1.82) is 0 Å². The molecule has 0 fully saturated rings. The second kappa shape index (κ2) is 21.5. The highest BCUT2D eigenvalue weighted by Gasteiger charge is 2.31. The lowest BCUT2D eigenvalue weighted by Gasteiger charge is -2.13. The van der Waals surface area contributed by atoms with Crippen molar-refractivity contribution in [1.82, 2.24) is 0 Å². The molecule has 2 aromatic rings. The van der Waals surface area contributed by atoms with Crippen molar-refractivity contribution in [2.75, 3.05) is 5.32 Å². The Balaban J connectivity index is 0.00000171. The van der Waals surface area contributed by atoms with Crippen LogP contribution in [0.2, 0.25) is 0 Å². The predicted molar refractivity (Wildman–Crippen MR) is 178 cm³/mol. The topological polar surface area (TPSA) is 53.8 Å². The summed E-state index contributed by atoms with van der Waals surface area (Å²) >= 11 is 0. The van der Waals surface area contributed by atoms with Gasteiger partial charge in [-0.2, -0.15) is 13.2 Å². The molecule has 0 spiro atoms. The summed E-state index contributed by atoms with van der Waals surface area (Å²) in [6, 6.07) is 8.63. The van der Waals surface area contributed by atoms with Crippen LogP contribution < -0.4 is 5.32 Å². The number of nitrogens with one attached hydrogen (secondary N) is 1. The first-order valence-corrected chi connectivity index (χ1v) is 14.5. The van der Waals surface area contributed by atoms with Crippen molar-refractivity contribution in [2.24, 2.45) is 9.98 Å². The van der Waals surface area contributed by atoms with Gasteiger partial charge in [-0.25, -0.2) is 0 Å². The summed E-state index contributed by atoms with van der Waals surface area (Å²) in [5, 5.41) is 2.59. The van der Waals surface area contributed by atoms with Crippen LogP contribution in [0.5, 0.6) is 0 Å². The minimum Gasteiger partial charge on any atom is -0.322 e. The maximum absolute atomic E-state index is 13.2. The van der Waals surface area contributed by atoms with E-state index in [1.165, 1.54) is 6.42 Å². The number of hydrogen-bond acceptors (Lipinski definition) is 3. The Hall–Kier alpha value is -4.18. The molecular weight excluding hydrogens is 547 g/mol. The van der Waals surface area contributed by atoms with E-state index >= 15 is 0 Å². The van der Waals surface area contributed by atoms with Gasteiger partial charge < -0.3 is 5.32 Å². The molecule has 0 unspecified atom stereocenters. The zero-order chi connectivity index (χ0) is 32.8. The molecule has 0 aliphatic rings. The molecule has 232 valence electrons. The summed E-state index contributed by atoms with van der Waals surface area (Å²) in [6.07, 6.45) is 8.77. The number of hydrogen-bond donors (Lipinski definition) is 1. The molecule has 0 aromatic heterocycles. The van der Waals surface area contributed by atoms with Crippen LogP contribution >= 0.6 is 0 Å². The van der Waals surface area contributed by atoms with Gasteiger partial charge in [0.25, 0.3) is 5.91 Å². The van der Waals surface area contributed by atoms with E-state index in [0.717, 1.165) is 35.3 Å². The largest absolute Gasteiger partial charge is 0.416 e. The zero-order valence-corrected chi connectivity index (χ0v) is 27.0. The second-order valence-electron chi connectivity index (χ2n) is 9.44. The number of rotatable bonds is 7. The Labute approximate surface area is 256 Å². The van der Waals surface area contributed by atoms with Crippen LogP contribution in [-0.2, 0) is 12.6 Å². The van der Waals surface area contributed by atoms with Crippen molar-refractivity contribution in [3.8, 4) is 11.8 Å². The van der Waals surface area contributed by atoms with Crippen LogP contribution in [0, 0.1) is 18.8 Å². The molecule has 0 saturated heterocycles. The number of amides is 1. The average molecular weight is 594 g/mol. The van der Waals surface area contributed by atoms with Crippen molar-refractivity contribution < 1.29 is 18.0 Å². The van der Waals surface area contributed by atoms with E-state index in [1.54, 1.807) is 56.0 Å². The van der Waals surface area contributed by atoms with Crippen molar-refractivity contribution in [3.05, 3.63) is 99.9 Å². The van der Waals surface area contributed by atoms with E-state index in [4.69, 9.17) is 0 Å². The molecule has 0 heterocycles. The smallest absolute Gasteiger partial charge is 0.322 e. The molecule has 7 heteroatoms. The summed E-state index contributed by atoms with van der Waals surface area (Å²) in [4.78, 5) is 20.8. The number of halogens is 3. The van der Waals surface area contributed by atoms with E-state index in [1.807, 2.05) is 46.8 Å². The van der Waals surface area contributed by atoms with Gasteiger partial charge in [0.05, 0.1) is 5.56 Å². The van der Waals surface area contributed by atoms with Crippen LogP contribution in [0.15, 0.2) is 82.1 Å². The minimum atomic E-state index is -4.49. The van der Waals surface area contributed by atoms with Gasteiger partial charge in [-0.05, 0) is 95.0 Å². The number of benzene rings is 2. The molecule has 0 aliphatic carbocycles. The molecule has 1 amide bonds. The fourth-order valence-electron chi connectivity index (χ4n) is 3.17. The number of aryl methyl sites for hydroxylation is 2. The number of allylic oxidation sites excluding steroid dienone is 4. The lowest BCUT2D eigenvalue weighted by atomic mass is 10.0. The fourth-order valence-corrected chi connectivity index (χ4v) is 3.17. The number of nitrogens with zero attached hydrogens (tertiary/aromatic N) is 2. The van der Waals surface area contributed by atoms with Gasteiger partial charge in [0, 0.05) is 47.2 Å². The third-order valence-electron chi connectivity index (χ3n) is 5.53. The molecule has 2 rings (SSSR count). The third kappa shape index (κ3) is 16.1. The summed E-state index contributed by atoms with van der Waals surface area (Å²) < 4.78 is 39.7. The zero-order valence-electron chi connectivity index (χ0n) is 27.0. The summed E-state index contributed by atoms with van der Waals surface area (Å²) in [7, 11) is 0. The monoisotopic (exact) mass is 593 g/mol. The molecule has 1 N–H and O–H groups in total. The van der Waals surface area contributed by atoms with E-state index in [2.05, 4.69) is 47.9 Å². The molecule has 0 atom stereocenters. The highest BCUT2D eigenvalue weighted by atomic mass is 19.4. The first-order valence-electron chi connectivity index (χ1n) is 14.5. The van der Waals surface area contributed by atoms with Gasteiger partial charge in [-0.15, -0.1) is 0 Å². The molecule has 0 aliphatic heterocycles.